The summed E-state index contributed by atoms with van der Waals surface area (Å²) in [5.74, 6) is 0.876. The van der Waals surface area contributed by atoms with Gasteiger partial charge in [0.05, 0.1) is 28.7 Å². The number of benzene rings is 1. The van der Waals surface area contributed by atoms with Crippen molar-refractivity contribution in [3.63, 3.8) is 0 Å². The Kier molecular flexibility index (Phi) is 6.03. The number of hydrogen-bond donors (Lipinski definition) is 1. The molecule has 1 N–H and O–H groups in total. The minimum atomic E-state index is -3.90. The number of sulfonamides is 1. The number of anilines is 4. The molecular weight excluding hydrogens is 470 g/mol. The van der Waals surface area contributed by atoms with Crippen LogP contribution in [-0.2, 0) is 19.6 Å². The lowest BCUT2D eigenvalue weighted by Gasteiger charge is -2.35. The van der Waals surface area contributed by atoms with Gasteiger partial charge < -0.3 is 9.80 Å². The number of amides is 2. The summed E-state index contributed by atoms with van der Waals surface area (Å²) in [6, 6.07) is 11.4. The van der Waals surface area contributed by atoms with Gasteiger partial charge in [0, 0.05) is 45.2 Å². The van der Waals surface area contributed by atoms with Crippen LogP contribution in [0.15, 0.2) is 66.0 Å². The van der Waals surface area contributed by atoms with Crippen LogP contribution in [0.1, 0.15) is 12.8 Å². The van der Waals surface area contributed by atoms with E-state index >= 15 is 0 Å². The zero-order valence-electron chi connectivity index (χ0n) is 18.7. The van der Waals surface area contributed by atoms with Crippen LogP contribution in [0, 0.1) is 0 Å². The number of rotatable bonds is 6. The van der Waals surface area contributed by atoms with E-state index in [-0.39, 0.29) is 35.2 Å². The van der Waals surface area contributed by atoms with Crippen molar-refractivity contribution in [2.24, 2.45) is 0 Å². The Balaban J connectivity index is 1.21. The maximum absolute atomic E-state index is 12.8. The monoisotopic (exact) mass is 493 g/mol. The van der Waals surface area contributed by atoms with Gasteiger partial charge in [0.1, 0.15) is 5.82 Å². The summed E-state index contributed by atoms with van der Waals surface area (Å²) in [7, 11) is -3.90. The number of pyridine rings is 1. The second kappa shape index (κ2) is 9.29. The second-order valence-corrected chi connectivity index (χ2v) is 9.84. The van der Waals surface area contributed by atoms with E-state index in [0.717, 1.165) is 36.9 Å². The molecule has 5 rings (SSSR count). The molecule has 12 heteroatoms. The Hall–Kier alpha value is -4.06. The van der Waals surface area contributed by atoms with Gasteiger partial charge >= 0.3 is 0 Å². The van der Waals surface area contributed by atoms with Gasteiger partial charge in [0.2, 0.25) is 17.8 Å². The van der Waals surface area contributed by atoms with E-state index < -0.39 is 10.0 Å². The summed E-state index contributed by atoms with van der Waals surface area (Å²) in [6.45, 7) is 2.99. The summed E-state index contributed by atoms with van der Waals surface area (Å²) in [5.41, 5.74) is 0.585. The average Bonchev–Trinajstić information content (AvgIpc) is 3.22. The predicted octanol–water partition coefficient (Wildman–Crippen LogP) is 1.65. The van der Waals surface area contributed by atoms with Crippen LogP contribution in [0.3, 0.4) is 0 Å². The molecule has 0 unspecified atom stereocenters. The van der Waals surface area contributed by atoms with Crippen molar-refractivity contribution in [2.45, 2.75) is 17.7 Å². The number of hydrogen-bond acceptors (Lipinski definition) is 9. The van der Waals surface area contributed by atoms with Gasteiger partial charge in [-0.25, -0.2) is 23.4 Å². The highest BCUT2D eigenvalue weighted by Gasteiger charge is 2.30. The van der Waals surface area contributed by atoms with Gasteiger partial charge in [-0.1, -0.05) is 6.07 Å². The quantitative estimate of drug-likeness (QED) is 0.510. The van der Waals surface area contributed by atoms with E-state index in [1.165, 1.54) is 36.7 Å². The number of carbonyl (C=O) groups is 2. The molecule has 35 heavy (non-hydrogen) atoms. The lowest BCUT2D eigenvalue weighted by atomic mass is 10.3. The molecule has 3 aromatic rings. The summed E-state index contributed by atoms with van der Waals surface area (Å²) in [4.78, 5) is 42.1. The summed E-state index contributed by atoms with van der Waals surface area (Å²) in [6.07, 6.45) is 4.96. The lowest BCUT2D eigenvalue weighted by molar-refractivity contribution is -0.121. The normalized spacial score (nSPS) is 16.6. The van der Waals surface area contributed by atoms with E-state index in [1.807, 2.05) is 23.1 Å². The van der Waals surface area contributed by atoms with E-state index in [1.54, 1.807) is 6.20 Å². The Bertz CT molecular complexity index is 1310. The molecule has 2 aliphatic rings. The molecule has 2 fully saturated rings. The van der Waals surface area contributed by atoms with Crippen LogP contribution in [0.4, 0.5) is 23.1 Å². The van der Waals surface area contributed by atoms with Gasteiger partial charge in [-0.15, -0.1) is 0 Å². The molecule has 0 radical (unpaired) electrons. The van der Waals surface area contributed by atoms with Crippen LogP contribution >= 0.6 is 0 Å². The molecule has 0 saturated carbocycles. The molecular formula is C23H23N7O4S. The molecule has 2 saturated heterocycles. The van der Waals surface area contributed by atoms with Crippen LogP contribution in [0.5, 0.6) is 0 Å². The van der Waals surface area contributed by atoms with E-state index in [0.29, 0.717) is 11.6 Å². The average molecular weight is 494 g/mol. The largest absolute Gasteiger partial charge is 0.353 e. The molecule has 0 aliphatic carbocycles. The summed E-state index contributed by atoms with van der Waals surface area (Å²) < 4.78 is 28.0. The minimum absolute atomic E-state index is 0.00457. The molecule has 0 atom stereocenters. The van der Waals surface area contributed by atoms with Crippen LogP contribution < -0.4 is 19.4 Å². The Labute approximate surface area is 202 Å². The molecule has 180 valence electrons. The van der Waals surface area contributed by atoms with Crippen molar-refractivity contribution < 1.29 is 18.0 Å². The van der Waals surface area contributed by atoms with E-state index in [4.69, 9.17) is 0 Å². The molecule has 4 heterocycles. The Morgan fingerprint density at radius 3 is 2.00 bits per heavy atom. The zero-order chi connectivity index (χ0) is 24.4. The lowest BCUT2D eigenvalue weighted by Crippen LogP contribution is -2.47. The van der Waals surface area contributed by atoms with Crippen molar-refractivity contribution >= 4 is 45.0 Å². The Morgan fingerprint density at radius 1 is 0.771 bits per heavy atom. The highest BCUT2D eigenvalue weighted by atomic mass is 32.2. The first-order valence-electron chi connectivity index (χ1n) is 11.1. The van der Waals surface area contributed by atoms with Crippen LogP contribution in [-0.4, -0.2) is 61.4 Å². The van der Waals surface area contributed by atoms with Gasteiger partial charge in [-0.3, -0.25) is 19.2 Å². The molecule has 11 nitrogen and oxygen atoms in total. The molecule has 2 aliphatic heterocycles. The number of carbonyl (C=O) groups excluding carboxylic acids is 2. The standard InChI is InChI=1S/C23H23N7O4S/c31-21-8-9-22(32)30(21)18-4-6-19(7-5-18)35(33,34)27-17-15-25-23(26-16-17)29-13-11-28(12-14-29)20-3-1-2-10-24-20/h1-7,10,15-16,27H,8-9,11-14H2. The zero-order valence-corrected chi connectivity index (χ0v) is 19.6. The first-order chi connectivity index (χ1) is 16.9. The fourth-order valence-corrected chi connectivity index (χ4v) is 5.09. The highest BCUT2D eigenvalue weighted by Crippen LogP contribution is 2.25. The number of piperazine rings is 1. The third kappa shape index (κ3) is 4.78. The third-order valence-corrected chi connectivity index (χ3v) is 7.28. The van der Waals surface area contributed by atoms with Gasteiger partial charge in [-0.05, 0) is 36.4 Å². The van der Waals surface area contributed by atoms with Gasteiger partial charge in [-0.2, -0.15) is 0 Å². The smallest absolute Gasteiger partial charge is 0.261 e. The third-order valence-electron chi connectivity index (χ3n) is 5.88. The highest BCUT2D eigenvalue weighted by molar-refractivity contribution is 7.92. The number of nitrogens with one attached hydrogen (secondary N) is 1. The molecule has 2 amide bonds. The van der Waals surface area contributed by atoms with E-state index in [9.17, 15) is 18.0 Å². The summed E-state index contributed by atoms with van der Waals surface area (Å²) in [5, 5.41) is 0. The minimum Gasteiger partial charge on any atom is -0.353 e. The SMILES string of the molecule is O=C1CCC(=O)N1c1ccc(S(=O)(=O)Nc2cnc(N3CCN(c4ccccn4)CC3)nc2)cc1. The van der Waals surface area contributed by atoms with Crippen LogP contribution in [0.25, 0.3) is 0 Å². The predicted molar refractivity (Wildman–Crippen MR) is 130 cm³/mol. The van der Waals surface area contributed by atoms with E-state index in [2.05, 4.69) is 24.6 Å². The maximum Gasteiger partial charge on any atom is 0.261 e. The first kappa shape index (κ1) is 22.7. The number of nitrogens with zero attached hydrogens (tertiary/aromatic N) is 6. The van der Waals surface area contributed by atoms with Crippen molar-refractivity contribution in [2.75, 3.05) is 45.6 Å². The van der Waals surface area contributed by atoms with Crippen LogP contribution in [0.2, 0.25) is 0 Å². The number of imide groups is 1. The molecule has 0 spiro atoms. The maximum atomic E-state index is 12.8. The first-order valence-corrected chi connectivity index (χ1v) is 12.6. The molecule has 1 aromatic carbocycles. The topological polar surface area (TPSA) is 129 Å². The van der Waals surface area contributed by atoms with Crippen molar-refractivity contribution in [3.05, 3.63) is 61.1 Å². The van der Waals surface area contributed by atoms with Gasteiger partial charge in [0.15, 0.2) is 0 Å². The fourth-order valence-electron chi connectivity index (χ4n) is 4.07. The molecule has 0 bridgehead atoms. The molecule has 2 aromatic heterocycles. The summed E-state index contributed by atoms with van der Waals surface area (Å²) >= 11 is 0. The van der Waals surface area contributed by atoms with Crippen molar-refractivity contribution in [1.29, 1.82) is 0 Å². The second-order valence-electron chi connectivity index (χ2n) is 8.16. The van der Waals surface area contributed by atoms with Gasteiger partial charge in [0.25, 0.3) is 10.0 Å². The Morgan fingerprint density at radius 2 is 1.40 bits per heavy atom. The number of aromatic nitrogens is 3. The fraction of sp³-hybridized carbons (Fsp3) is 0.261. The van der Waals surface area contributed by atoms with Crippen molar-refractivity contribution in [1.82, 2.24) is 15.0 Å². The van der Waals surface area contributed by atoms with Crippen molar-refractivity contribution in [3.8, 4) is 0 Å².